The molecule has 0 spiro atoms. The Bertz CT molecular complexity index is 687. The minimum absolute atomic E-state index is 0.195. The molecule has 0 heterocycles. The molecule has 0 unspecified atom stereocenters. The molecule has 0 saturated carbocycles. The lowest BCUT2D eigenvalue weighted by molar-refractivity contribution is 0.0691. The van der Waals surface area contributed by atoms with Gasteiger partial charge < -0.3 is 14.6 Å². The Hall–Kier alpha value is -1.71. The van der Waals surface area contributed by atoms with Crippen molar-refractivity contribution in [2.75, 3.05) is 13.2 Å². The third-order valence-electron chi connectivity index (χ3n) is 7.70. The molecule has 1 aromatic rings. The monoisotopic (exact) mass is 546 g/mol. The van der Waals surface area contributed by atoms with Crippen LogP contribution in [0, 0.1) is 0 Å². The number of hydrogen-bond donors (Lipinski definition) is 1. The van der Waals surface area contributed by atoms with Crippen LogP contribution < -0.4 is 9.47 Å². The van der Waals surface area contributed by atoms with E-state index in [4.69, 9.17) is 9.47 Å². The topological polar surface area (TPSA) is 55.8 Å². The third-order valence-corrected chi connectivity index (χ3v) is 7.70. The predicted molar refractivity (Wildman–Crippen MR) is 167 cm³/mol. The molecular weight excluding hydrogens is 484 g/mol. The fourth-order valence-electron chi connectivity index (χ4n) is 5.15. The zero-order valence-electron chi connectivity index (χ0n) is 25.8. The Balaban J connectivity index is 2.08. The minimum Gasteiger partial charge on any atom is -0.494 e. The van der Waals surface area contributed by atoms with Crippen molar-refractivity contribution in [3.8, 4) is 11.5 Å². The molecule has 0 aromatic heterocycles. The van der Waals surface area contributed by atoms with Crippen molar-refractivity contribution < 1.29 is 19.4 Å². The molecule has 0 atom stereocenters. The molecular formula is C35H62O4. The van der Waals surface area contributed by atoms with Gasteiger partial charge in [-0.3, -0.25) is 0 Å². The van der Waals surface area contributed by atoms with Crippen molar-refractivity contribution in [1.82, 2.24) is 0 Å². The van der Waals surface area contributed by atoms with Crippen LogP contribution in [0.2, 0.25) is 0 Å². The number of rotatable bonds is 29. The smallest absolute Gasteiger partial charge is 0.339 e. The van der Waals surface area contributed by atoms with Gasteiger partial charge in [0.15, 0.2) is 0 Å². The fourth-order valence-corrected chi connectivity index (χ4v) is 5.15. The highest BCUT2D eigenvalue weighted by atomic mass is 16.5. The van der Waals surface area contributed by atoms with Gasteiger partial charge in [-0.25, -0.2) is 4.79 Å². The Morgan fingerprint density at radius 1 is 0.538 bits per heavy atom. The summed E-state index contributed by atoms with van der Waals surface area (Å²) in [6.45, 7) is 5.74. The molecule has 0 aliphatic rings. The Labute approximate surface area is 241 Å². The van der Waals surface area contributed by atoms with Crippen LogP contribution >= 0.6 is 0 Å². The molecule has 1 aromatic carbocycles. The van der Waals surface area contributed by atoms with Gasteiger partial charge in [-0.15, -0.1) is 0 Å². The lowest BCUT2D eigenvalue weighted by Crippen LogP contribution is -2.06. The van der Waals surface area contributed by atoms with Gasteiger partial charge in [0.2, 0.25) is 0 Å². The van der Waals surface area contributed by atoms with E-state index >= 15 is 0 Å². The number of aromatic carboxylic acids is 1. The van der Waals surface area contributed by atoms with E-state index in [2.05, 4.69) is 13.8 Å². The molecule has 0 saturated heterocycles. The molecule has 4 heteroatoms. The Morgan fingerprint density at radius 3 is 1.28 bits per heavy atom. The van der Waals surface area contributed by atoms with Crippen molar-refractivity contribution >= 4 is 5.97 Å². The zero-order valence-corrected chi connectivity index (χ0v) is 25.8. The van der Waals surface area contributed by atoms with E-state index in [1.165, 1.54) is 135 Å². The summed E-state index contributed by atoms with van der Waals surface area (Å²) in [5, 5.41) is 9.64. The second kappa shape index (κ2) is 26.5. The zero-order chi connectivity index (χ0) is 28.2. The molecule has 4 nitrogen and oxygen atoms in total. The van der Waals surface area contributed by atoms with E-state index in [1.54, 1.807) is 12.1 Å². The number of carboxylic acids is 1. The number of hydrogen-bond acceptors (Lipinski definition) is 3. The summed E-state index contributed by atoms with van der Waals surface area (Å²) < 4.78 is 11.7. The van der Waals surface area contributed by atoms with E-state index < -0.39 is 5.97 Å². The van der Waals surface area contributed by atoms with Crippen molar-refractivity contribution in [3.05, 3.63) is 23.8 Å². The summed E-state index contributed by atoms with van der Waals surface area (Å²) in [4.78, 5) is 11.8. The molecule has 0 aliphatic heterocycles. The summed E-state index contributed by atoms with van der Waals surface area (Å²) in [5.74, 6) is 0.104. The lowest BCUT2D eigenvalue weighted by atomic mass is 10.1. The van der Waals surface area contributed by atoms with E-state index in [1.807, 2.05) is 6.07 Å². The molecule has 0 fully saturated rings. The maximum atomic E-state index is 11.8. The molecule has 1 N–H and O–H groups in total. The number of carboxylic acid groups (broad SMARTS) is 1. The number of benzene rings is 1. The molecule has 0 bridgehead atoms. The summed E-state index contributed by atoms with van der Waals surface area (Å²) in [7, 11) is 0. The lowest BCUT2D eigenvalue weighted by Gasteiger charge is -2.12. The predicted octanol–water partition coefficient (Wildman–Crippen LogP) is 11.5. The van der Waals surface area contributed by atoms with Crippen molar-refractivity contribution in [3.63, 3.8) is 0 Å². The summed E-state index contributed by atoms with van der Waals surface area (Å²) in [6, 6.07) is 5.20. The van der Waals surface area contributed by atoms with Crippen molar-refractivity contribution in [2.24, 2.45) is 0 Å². The first-order valence-corrected chi connectivity index (χ1v) is 16.8. The van der Waals surface area contributed by atoms with Gasteiger partial charge in [0, 0.05) is 0 Å². The van der Waals surface area contributed by atoms with Crippen LogP contribution in [0.3, 0.4) is 0 Å². The first-order chi connectivity index (χ1) is 19.2. The van der Waals surface area contributed by atoms with Gasteiger partial charge >= 0.3 is 5.97 Å². The van der Waals surface area contributed by atoms with Crippen LogP contribution in [-0.4, -0.2) is 24.3 Å². The average molecular weight is 547 g/mol. The molecule has 0 radical (unpaired) electrons. The average Bonchev–Trinajstić information content (AvgIpc) is 2.94. The maximum Gasteiger partial charge on any atom is 0.339 e. The van der Waals surface area contributed by atoms with Crippen LogP contribution in [0.15, 0.2) is 18.2 Å². The second-order valence-electron chi connectivity index (χ2n) is 11.4. The van der Waals surface area contributed by atoms with Gasteiger partial charge in [0.25, 0.3) is 0 Å². The van der Waals surface area contributed by atoms with Gasteiger partial charge in [-0.05, 0) is 31.0 Å². The van der Waals surface area contributed by atoms with Crippen LogP contribution in [0.4, 0.5) is 0 Å². The van der Waals surface area contributed by atoms with Crippen LogP contribution in [0.25, 0.3) is 0 Å². The summed E-state index contributed by atoms with van der Waals surface area (Å²) in [5.41, 5.74) is 0.195. The minimum atomic E-state index is -0.962. The van der Waals surface area contributed by atoms with Gasteiger partial charge in [-0.1, -0.05) is 155 Å². The van der Waals surface area contributed by atoms with E-state index in [0.717, 1.165) is 19.3 Å². The van der Waals surface area contributed by atoms with Crippen LogP contribution in [-0.2, 0) is 0 Å². The van der Waals surface area contributed by atoms with Gasteiger partial charge in [0.1, 0.15) is 17.1 Å². The van der Waals surface area contributed by atoms with E-state index in [0.29, 0.717) is 24.7 Å². The van der Waals surface area contributed by atoms with Gasteiger partial charge in [-0.2, -0.15) is 0 Å². The highest BCUT2D eigenvalue weighted by molar-refractivity contribution is 5.91. The fraction of sp³-hybridized carbons (Fsp3) is 0.800. The Morgan fingerprint density at radius 2 is 0.897 bits per heavy atom. The molecule has 0 amide bonds. The first-order valence-electron chi connectivity index (χ1n) is 16.8. The standard InChI is InChI=1S/C35H62O4/c1-3-5-7-9-11-13-15-17-19-21-23-25-29-38-32-27-28-34(33(31-32)35(36)37)39-30-26-24-22-20-18-16-14-12-10-8-6-4-2/h27-28,31H,3-26,29-30H2,1-2H3,(H,36,37). The molecule has 39 heavy (non-hydrogen) atoms. The number of carbonyl (C=O) groups is 1. The Kier molecular flexibility index (Phi) is 24.0. The SMILES string of the molecule is CCCCCCCCCCCCCCOc1ccc(OCCCCCCCCCCCCCC)c(C(=O)O)c1. The van der Waals surface area contributed by atoms with Crippen molar-refractivity contribution in [2.45, 2.75) is 168 Å². The molecule has 0 aliphatic carbocycles. The maximum absolute atomic E-state index is 11.8. The number of unbranched alkanes of at least 4 members (excludes halogenated alkanes) is 22. The van der Waals surface area contributed by atoms with Crippen molar-refractivity contribution in [1.29, 1.82) is 0 Å². The van der Waals surface area contributed by atoms with E-state index in [-0.39, 0.29) is 5.56 Å². The molecule has 226 valence electrons. The first kappa shape index (κ1) is 35.3. The second-order valence-corrected chi connectivity index (χ2v) is 11.4. The summed E-state index contributed by atoms with van der Waals surface area (Å²) in [6.07, 6.45) is 31.3. The highest BCUT2D eigenvalue weighted by Gasteiger charge is 2.13. The van der Waals surface area contributed by atoms with E-state index in [9.17, 15) is 9.90 Å². The third kappa shape index (κ3) is 20.8. The molecule has 1 rings (SSSR count). The summed E-state index contributed by atoms with van der Waals surface area (Å²) >= 11 is 0. The quantitative estimate of drug-likeness (QED) is 0.102. The largest absolute Gasteiger partial charge is 0.494 e. The van der Waals surface area contributed by atoms with Crippen LogP contribution in [0.5, 0.6) is 11.5 Å². The normalized spacial score (nSPS) is 11.1. The number of ether oxygens (including phenoxy) is 2. The highest BCUT2D eigenvalue weighted by Crippen LogP contribution is 2.25. The van der Waals surface area contributed by atoms with Gasteiger partial charge in [0.05, 0.1) is 13.2 Å². The van der Waals surface area contributed by atoms with Crippen LogP contribution in [0.1, 0.15) is 178 Å².